The molecule has 1 aromatic rings. The molecule has 106 valence electrons. The number of carbonyl (C=O) groups excluding carboxylic acids is 1. The first-order valence-corrected chi connectivity index (χ1v) is 5.79. The molecule has 0 atom stereocenters. The molecule has 2 N–H and O–H groups in total. The van der Waals surface area contributed by atoms with Crippen molar-refractivity contribution in [3.63, 3.8) is 0 Å². The molecule has 0 aromatic carbocycles. The largest absolute Gasteiger partial charge is 0.481 e. The van der Waals surface area contributed by atoms with Gasteiger partial charge >= 0.3 is 6.03 Å². The number of rotatable bonds is 6. The molecule has 0 aliphatic heterocycles. The lowest BCUT2D eigenvalue weighted by Gasteiger charge is -2.14. The highest BCUT2D eigenvalue weighted by atomic mass is 16.5. The smallest absolute Gasteiger partial charge is 0.322 e. The van der Waals surface area contributed by atoms with E-state index in [1.165, 1.54) is 20.3 Å². The fourth-order valence-electron chi connectivity index (χ4n) is 1.13. The molecule has 0 aliphatic carbocycles. The van der Waals surface area contributed by atoms with E-state index in [2.05, 4.69) is 20.6 Å². The Hall–Kier alpha value is -2.09. The van der Waals surface area contributed by atoms with Crippen LogP contribution in [0, 0.1) is 0 Å². The Labute approximate surface area is 112 Å². The summed E-state index contributed by atoms with van der Waals surface area (Å²) < 4.78 is 9.97. The molecule has 19 heavy (non-hydrogen) atoms. The van der Waals surface area contributed by atoms with Crippen molar-refractivity contribution in [2.24, 2.45) is 0 Å². The summed E-state index contributed by atoms with van der Waals surface area (Å²) in [5.74, 6) is 0.744. The van der Waals surface area contributed by atoms with Crippen molar-refractivity contribution in [3.8, 4) is 11.8 Å². The Morgan fingerprint density at radius 3 is 2.37 bits per heavy atom. The number of anilines is 1. The van der Waals surface area contributed by atoms with E-state index in [9.17, 15) is 4.79 Å². The van der Waals surface area contributed by atoms with Gasteiger partial charge in [0, 0.05) is 0 Å². The van der Waals surface area contributed by atoms with Crippen LogP contribution in [0.15, 0.2) is 6.07 Å². The first-order valence-electron chi connectivity index (χ1n) is 5.79. The molecule has 2 amide bonds. The molecule has 0 saturated heterocycles. The monoisotopic (exact) mass is 269 g/mol. The molecule has 0 unspecified atom stereocenters. The second-order valence-electron chi connectivity index (χ2n) is 3.74. The van der Waals surface area contributed by atoms with E-state index in [4.69, 9.17) is 9.47 Å². The van der Waals surface area contributed by atoms with E-state index in [0.29, 0.717) is 18.4 Å². The molecule has 1 heterocycles. The first-order chi connectivity index (χ1) is 9.08. The molecule has 0 fully saturated rings. The van der Waals surface area contributed by atoms with Gasteiger partial charge in [-0.2, -0.15) is 9.97 Å². The predicted octanol–water partition coefficient (Wildman–Crippen LogP) is 0.524. The van der Waals surface area contributed by atoms with Crippen LogP contribution in [0.4, 0.5) is 10.7 Å². The Balaban J connectivity index is 2.62. The van der Waals surface area contributed by atoms with Crippen LogP contribution < -0.4 is 20.1 Å². The van der Waals surface area contributed by atoms with Crippen molar-refractivity contribution < 1.29 is 14.3 Å². The summed E-state index contributed by atoms with van der Waals surface area (Å²) in [7, 11) is 4.84. The van der Waals surface area contributed by atoms with Gasteiger partial charge in [-0.1, -0.05) is 6.92 Å². The molecule has 1 rings (SSSR count). The quantitative estimate of drug-likeness (QED) is 0.732. The molecule has 0 aliphatic rings. The summed E-state index contributed by atoms with van der Waals surface area (Å²) >= 11 is 0. The maximum Gasteiger partial charge on any atom is 0.322 e. The average molecular weight is 269 g/mol. The molecule has 0 radical (unpaired) electrons. The fraction of sp³-hybridized carbons (Fsp3) is 0.545. The van der Waals surface area contributed by atoms with E-state index >= 15 is 0 Å². The highest BCUT2D eigenvalue weighted by molar-refractivity contribution is 5.87. The summed E-state index contributed by atoms with van der Waals surface area (Å²) in [6.07, 6.45) is 0. The van der Waals surface area contributed by atoms with Crippen molar-refractivity contribution in [2.45, 2.75) is 6.92 Å². The van der Waals surface area contributed by atoms with Crippen LogP contribution in [-0.2, 0) is 0 Å². The summed E-state index contributed by atoms with van der Waals surface area (Å²) in [5, 5.41) is 5.18. The zero-order valence-electron chi connectivity index (χ0n) is 11.6. The van der Waals surface area contributed by atoms with Crippen LogP contribution >= 0.6 is 0 Å². The maximum atomic E-state index is 11.6. The third-order valence-electron chi connectivity index (χ3n) is 2.37. The summed E-state index contributed by atoms with van der Waals surface area (Å²) in [5.41, 5.74) is 0. The SMILES string of the molecule is CCN(C)CNC(=O)Nc1nc(OC)cc(OC)n1. The number of amides is 2. The molecular formula is C11H19N5O3. The van der Waals surface area contributed by atoms with Crippen LogP contribution in [-0.4, -0.2) is 55.4 Å². The summed E-state index contributed by atoms with van der Waals surface area (Å²) in [6.45, 7) is 3.27. The minimum absolute atomic E-state index is 0.118. The van der Waals surface area contributed by atoms with Crippen LogP contribution in [0.25, 0.3) is 0 Å². The Bertz CT molecular complexity index is 405. The van der Waals surface area contributed by atoms with Crippen molar-refractivity contribution >= 4 is 12.0 Å². The van der Waals surface area contributed by atoms with E-state index in [-0.39, 0.29) is 5.95 Å². The standard InChI is InChI=1S/C11H19N5O3/c1-5-16(2)7-12-11(17)15-10-13-8(18-3)6-9(14-10)19-4/h6H,5,7H2,1-4H3,(H2,12,13,14,15,17). The van der Waals surface area contributed by atoms with E-state index in [1.807, 2.05) is 18.9 Å². The zero-order chi connectivity index (χ0) is 14.3. The molecular weight excluding hydrogens is 250 g/mol. The van der Waals surface area contributed by atoms with Crippen LogP contribution in [0.5, 0.6) is 11.8 Å². The Morgan fingerprint density at radius 1 is 1.32 bits per heavy atom. The van der Waals surface area contributed by atoms with E-state index < -0.39 is 6.03 Å². The number of carbonyl (C=O) groups is 1. The Kier molecular flexibility index (Phi) is 5.80. The average Bonchev–Trinajstić information content (AvgIpc) is 2.44. The first kappa shape index (κ1) is 15.0. The number of nitrogens with zero attached hydrogens (tertiary/aromatic N) is 3. The molecule has 8 nitrogen and oxygen atoms in total. The topological polar surface area (TPSA) is 88.6 Å². The van der Waals surface area contributed by atoms with Gasteiger partial charge in [-0.15, -0.1) is 0 Å². The van der Waals surface area contributed by atoms with Gasteiger partial charge in [0.15, 0.2) is 0 Å². The van der Waals surface area contributed by atoms with E-state index in [0.717, 1.165) is 6.54 Å². The van der Waals surface area contributed by atoms with Gasteiger partial charge in [-0.25, -0.2) is 4.79 Å². The third kappa shape index (κ3) is 4.96. The van der Waals surface area contributed by atoms with Gasteiger partial charge in [-0.05, 0) is 13.6 Å². The third-order valence-corrected chi connectivity index (χ3v) is 2.37. The minimum atomic E-state index is -0.393. The number of methoxy groups -OCH3 is 2. The maximum absolute atomic E-state index is 11.6. The summed E-state index contributed by atoms with van der Waals surface area (Å²) in [4.78, 5) is 21.5. The molecule has 8 heteroatoms. The van der Waals surface area contributed by atoms with Crippen molar-refractivity contribution in [2.75, 3.05) is 39.8 Å². The van der Waals surface area contributed by atoms with Crippen molar-refractivity contribution in [1.82, 2.24) is 20.2 Å². The number of nitrogens with one attached hydrogen (secondary N) is 2. The molecule has 0 saturated carbocycles. The molecule has 1 aromatic heterocycles. The zero-order valence-corrected chi connectivity index (χ0v) is 11.6. The highest BCUT2D eigenvalue weighted by Gasteiger charge is 2.08. The van der Waals surface area contributed by atoms with Crippen LogP contribution in [0.3, 0.4) is 0 Å². The molecule has 0 bridgehead atoms. The number of hydrogen-bond acceptors (Lipinski definition) is 6. The lowest BCUT2D eigenvalue weighted by Crippen LogP contribution is -2.38. The van der Waals surface area contributed by atoms with Gasteiger partial charge in [0.05, 0.1) is 27.0 Å². The predicted molar refractivity (Wildman–Crippen MR) is 70.5 cm³/mol. The van der Waals surface area contributed by atoms with Crippen molar-refractivity contribution in [1.29, 1.82) is 0 Å². The lowest BCUT2D eigenvalue weighted by atomic mass is 10.6. The fourth-order valence-corrected chi connectivity index (χ4v) is 1.13. The second kappa shape index (κ2) is 7.37. The number of hydrogen-bond donors (Lipinski definition) is 2. The number of aromatic nitrogens is 2. The van der Waals surface area contributed by atoms with Gasteiger partial charge in [0.1, 0.15) is 0 Å². The normalized spacial score (nSPS) is 10.2. The van der Waals surface area contributed by atoms with Crippen LogP contribution in [0.2, 0.25) is 0 Å². The summed E-state index contributed by atoms with van der Waals surface area (Å²) in [6, 6.07) is 1.13. The number of ether oxygens (including phenoxy) is 2. The molecule has 0 spiro atoms. The Morgan fingerprint density at radius 2 is 1.89 bits per heavy atom. The second-order valence-corrected chi connectivity index (χ2v) is 3.74. The van der Waals surface area contributed by atoms with Gasteiger partial charge < -0.3 is 14.8 Å². The minimum Gasteiger partial charge on any atom is -0.481 e. The van der Waals surface area contributed by atoms with Crippen molar-refractivity contribution in [3.05, 3.63) is 6.07 Å². The van der Waals surface area contributed by atoms with Gasteiger partial charge in [-0.3, -0.25) is 10.2 Å². The number of urea groups is 1. The highest BCUT2D eigenvalue weighted by Crippen LogP contribution is 2.16. The van der Waals surface area contributed by atoms with Gasteiger partial charge in [0.25, 0.3) is 0 Å². The lowest BCUT2D eigenvalue weighted by molar-refractivity contribution is 0.242. The van der Waals surface area contributed by atoms with E-state index in [1.54, 1.807) is 0 Å². The van der Waals surface area contributed by atoms with Gasteiger partial charge in [0.2, 0.25) is 17.7 Å². The van der Waals surface area contributed by atoms with Crippen LogP contribution in [0.1, 0.15) is 6.92 Å².